The van der Waals surface area contributed by atoms with E-state index in [9.17, 15) is 19.5 Å². The number of H-pyrrole nitrogens is 1. The van der Waals surface area contributed by atoms with E-state index in [2.05, 4.69) is 27.8 Å². The summed E-state index contributed by atoms with van der Waals surface area (Å²) in [6.45, 7) is 1.53. The molecule has 11 heteroatoms. The Morgan fingerprint density at radius 3 is 2.55 bits per heavy atom. The molecule has 1 aliphatic heterocycles. The lowest BCUT2D eigenvalue weighted by Crippen LogP contribution is -2.41. The summed E-state index contributed by atoms with van der Waals surface area (Å²) in [5.41, 5.74) is 12.0. The third kappa shape index (κ3) is 4.59. The summed E-state index contributed by atoms with van der Waals surface area (Å²) in [6.07, 6.45) is 5.60. The zero-order valence-corrected chi connectivity index (χ0v) is 27.3. The lowest BCUT2D eigenvalue weighted by Gasteiger charge is -2.27. The van der Waals surface area contributed by atoms with Gasteiger partial charge in [0.25, 0.3) is 5.91 Å². The van der Waals surface area contributed by atoms with Crippen molar-refractivity contribution in [3.8, 4) is 28.4 Å². The second-order valence-electron chi connectivity index (χ2n) is 13.9. The number of methoxy groups -OCH3 is 1. The highest BCUT2D eigenvalue weighted by molar-refractivity contribution is 6.01. The van der Waals surface area contributed by atoms with Gasteiger partial charge in [-0.3, -0.25) is 9.59 Å². The quantitative estimate of drug-likeness (QED) is 0.209. The van der Waals surface area contributed by atoms with Crippen LogP contribution in [0, 0.1) is 11.8 Å². The molecule has 2 saturated carbocycles. The normalized spacial score (nSPS) is 20.2. The minimum atomic E-state index is -1.26. The largest absolute Gasteiger partial charge is 0.494 e. The Balaban J connectivity index is 1.15. The number of imidazole rings is 1. The number of nitrogens with one attached hydrogen (secondary N) is 1. The Kier molecular flexibility index (Phi) is 6.54. The number of aromatic carboxylic acids is 1. The maximum atomic E-state index is 13.8. The minimum absolute atomic E-state index is 0.0275. The molecule has 0 radical (unpaired) electrons. The molecular formula is C38H36N6O5. The summed E-state index contributed by atoms with van der Waals surface area (Å²) in [5.74, 6) is 1.02. The molecule has 248 valence electrons. The lowest BCUT2D eigenvalue weighted by molar-refractivity contribution is 0.0688. The van der Waals surface area contributed by atoms with Crippen molar-refractivity contribution in [1.82, 2.24) is 24.0 Å². The number of carboxylic acid groups (broad SMARTS) is 1. The maximum absolute atomic E-state index is 13.8. The van der Waals surface area contributed by atoms with E-state index in [1.165, 1.54) is 19.0 Å². The second kappa shape index (κ2) is 10.8. The third-order valence-electron chi connectivity index (χ3n) is 11.0. The molecule has 2 aliphatic carbocycles. The monoisotopic (exact) mass is 656 g/mol. The Bertz CT molecular complexity index is 2430. The molecule has 3 aliphatic rings. The van der Waals surface area contributed by atoms with Crippen LogP contribution in [0.1, 0.15) is 46.4 Å². The number of carbonyl (C=O) groups is 2. The van der Waals surface area contributed by atoms with E-state index in [1.54, 1.807) is 13.2 Å². The highest BCUT2D eigenvalue weighted by atomic mass is 16.5. The van der Waals surface area contributed by atoms with Crippen molar-refractivity contribution < 1.29 is 19.4 Å². The van der Waals surface area contributed by atoms with Crippen LogP contribution in [0.4, 0.5) is 0 Å². The number of aryl methyl sites for hydroxylation is 1. The van der Waals surface area contributed by atoms with Crippen molar-refractivity contribution in [1.29, 1.82) is 0 Å². The van der Waals surface area contributed by atoms with E-state index < -0.39 is 11.4 Å². The second-order valence-corrected chi connectivity index (χ2v) is 13.9. The molecule has 3 atom stereocenters. The molecule has 4 heterocycles. The maximum Gasteiger partial charge on any atom is 0.341 e. The van der Waals surface area contributed by atoms with Crippen LogP contribution in [0.15, 0.2) is 65.6 Å². The minimum Gasteiger partial charge on any atom is -0.494 e. The van der Waals surface area contributed by atoms with Gasteiger partial charge < -0.3 is 34.6 Å². The van der Waals surface area contributed by atoms with Gasteiger partial charge in [-0.1, -0.05) is 18.2 Å². The number of likely N-dealkylation sites (tertiary alicyclic amines) is 1. The van der Waals surface area contributed by atoms with E-state index in [-0.39, 0.29) is 23.6 Å². The lowest BCUT2D eigenvalue weighted by atomic mass is 10.0. The van der Waals surface area contributed by atoms with Crippen molar-refractivity contribution in [2.45, 2.75) is 44.3 Å². The van der Waals surface area contributed by atoms with Gasteiger partial charge >= 0.3 is 5.97 Å². The standard InChI is InChI=1S/C38H36N6O5/c1-42-34-28(12-24(15-32(34)49-2)37(46)44-18-23-8-10-29(44)33(23)39)41-36(42)31-14-22-6-5-21(13-30(22)43(31)17-19-3-4-19)20-7-9-27-25(11-20)35(45)26(16-40-27)38(47)48/h5-7,9,11-16,19,23,29,33H,3-4,8,10,17-18,39H2,1-2H3,(H,40,45)(H,47,48)/t23?,29?,33-/m1/s1. The first-order valence-electron chi connectivity index (χ1n) is 16.8. The number of nitrogens with zero attached hydrogens (tertiary/aromatic N) is 4. The van der Waals surface area contributed by atoms with Crippen LogP contribution in [0.5, 0.6) is 5.75 Å². The Labute approximate surface area is 280 Å². The summed E-state index contributed by atoms with van der Waals surface area (Å²) >= 11 is 0. The molecule has 3 aromatic carbocycles. The van der Waals surface area contributed by atoms with Crippen molar-refractivity contribution in [2.75, 3.05) is 13.7 Å². The van der Waals surface area contributed by atoms with Crippen molar-refractivity contribution in [2.24, 2.45) is 24.6 Å². The number of nitrogens with two attached hydrogens (primary N) is 1. The van der Waals surface area contributed by atoms with Crippen LogP contribution in [0.3, 0.4) is 0 Å². The SMILES string of the molecule is COc1cc(C(=O)N2CC3CCC2[C@@H]3N)cc2nc(-c3cc4ccc(-c5ccc6[nH]cc(C(=O)O)c(=O)c6c5)cc4n3CC3CC3)n(C)c12. The first kappa shape index (κ1) is 29.7. The molecule has 11 nitrogen and oxygen atoms in total. The van der Waals surface area contributed by atoms with Crippen LogP contribution >= 0.6 is 0 Å². The molecular weight excluding hydrogens is 620 g/mol. The summed E-state index contributed by atoms with van der Waals surface area (Å²) < 4.78 is 10.2. The first-order valence-corrected chi connectivity index (χ1v) is 16.8. The summed E-state index contributed by atoms with van der Waals surface area (Å²) in [5, 5.41) is 10.9. The number of fused-ring (bicyclic) bond motifs is 5. The average Bonchev–Trinajstić information content (AvgIpc) is 3.51. The Morgan fingerprint density at radius 1 is 1.04 bits per heavy atom. The van der Waals surface area contributed by atoms with Crippen LogP contribution in [0.2, 0.25) is 0 Å². The molecule has 3 aromatic heterocycles. The number of carbonyl (C=O) groups excluding carboxylic acids is 1. The van der Waals surface area contributed by atoms with Gasteiger partial charge in [-0.05, 0) is 85.0 Å². The number of benzene rings is 3. The highest BCUT2D eigenvalue weighted by Crippen LogP contribution is 2.41. The number of rotatable bonds is 7. The molecule has 4 N–H and O–H groups in total. The summed E-state index contributed by atoms with van der Waals surface area (Å²) in [6, 6.07) is 17.7. The Morgan fingerprint density at radius 2 is 1.84 bits per heavy atom. The predicted molar refractivity (Wildman–Crippen MR) is 187 cm³/mol. The number of aromatic nitrogens is 4. The molecule has 1 amide bonds. The molecule has 3 fully saturated rings. The van der Waals surface area contributed by atoms with E-state index in [1.807, 2.05) is 46.8 Å². The first-order chi connectivity index (χ1) is 23.7. The molecule has 0 spiro atoms. The highest BCUT2D eigenvalue weighted by Gasteiger charge is 2.47. The van der Waals surface area contributed by atoms with Crippen LogP contribution < -0.4 is 15.9 Å². The molecule has 6 aromatic rings. The summed E-state index contributed by atoms with van der Waals surface area (Å²) in [4.78, 5) is 48.4. The van der Waals surface area contributed by atoms with E-state index in [4.69, 9.17) is 15.5 Å². The van der Waals surface area contributed by atoms with Gasteiger partial charge in [0.2, 0.25) is 5.43 Å². The number of pyridine rings is 1. The van der Waals surface area contributed by atoms with Crippen molar-refractivity contribution >= 4 is 44.7 Å². The van der Waals surface area contributed by atoms with Crippen LogP contribution in [-0.4, -0.2) is 66.7 Å². The zero-order valence-electron chi connectivity index (χ0n) is 27.3. The zero-order chi connectivity index (χ0) is 33.7. The fraction of sp³-hybridized carbons (Fsp3) is 0.316. The molecule has 9 rings (SSSR count). The topological polar surface area (TPSA) is 148 Å². The molecule has 2 bridgehead atoms. The fourth-order valence-electron chi connectivity index (χ4n) is 8.20. The predicted octanol–water partition coefficient (Wildman–Crippen LogP) is 5.38. The van der Waals surface area contributed by atoms with E-state index >= 15 is 0 Å². The van der Waals surface area contributed by atoms with Gasteiger partial charge in [-0.2, -0.15) is 0 Å². The molecule has 2 unspecified atom stereocenters. The van der Waals surface area contributed by atoms with Crippen molar-refractivity contribution in [3.05, 3.63) is 82.1 Å². The number of carboxylic acids is 1. The number of hydrogen-bond donors (Lipinski definition) is 3. The third-order valence-corrected chi connectivity index (χ3v) is 11.0. The number of piperidine rings is 1. The van der Waals surface area contributed by atoms with Gasteiger partial charge in [0.15, 0.2) is 5.82 Å². The fourth-order valence-corrected chi connectivity index (χ4v) is 8.20. The van der Waals surface area contributed by atoms with Crippen LogP contribution in [-0.2, 0) is 13.6 Å². The van der Waals surface area contributed by atoms with Gasteiger partial charge in [-0.25, -0.2) is 9.78 Å². The number of hydrogen-bond acceptors (Lipinski definition) is 6. The number of ether oxygens (including phenoxy) is 1. The number of amides is 1. The molecule has 49 heavy (non-hydrogen) atoms. The Hall–Kier alpha value is -5.42. The molecule has 1 saturated heterocycles. The van der Waals surface area contributed by atoms with Gasteiger partial charge in [-0.15, -0.1) is 0 Å². The summed E-state index contributed by atoms with van der Waals surface area (Å²) in [7, 11) is 3.60. The van der Waals surface area contributed by atoms with Crippen molar-refractivity contribution in [3.63, 3.8) is 0 Å². The van der Waals surface area contributed by atoms with E-state index in [0.29, 0.717) is 46.1 Å². The van der Waals surface area contributed by atoms with E-state index in [0.717, 1.165) is 58.5 Å². The van der Waals surface area contributed by atoms with Crippen LogP contribution in [0.25, 0.3) is 55.5 Å². The van der Waals surface area contributed by atoms with Gasteiger partial charge in [0.1, 0.15) is 16.8 Å². The van der Waals surface area contributed by atoms with Gasteiger partial charge in [0.05, 0.1) is 18.3 Å². The smallest absolute Gasteiger partial charge is 0.341 e. The average molecular weight is 657 g/mol. The number of aromatic amines is 1. The van der Waals surface area contributed by atoms with Gasteiger partial charge in [0, 0.05) is 65.8 Å².